The fourth-order valence-electron chi connectivity index (χ4n) is 2.06. The molecule has 0 aliphatic carbocycles. The van der Waals surface area contributed by atoms with Gasteiger partial charge in [-0.15, -0.1) is 0 Å². The van der Waals surface area contributed by atoms with Gasteiger partial charge in [0.05, 0.1) is 0 Å². The lowest BCUT2D eigenvalue weighted by Crippen LogP contribution is -1.97. The SMILES string of the molecule is CNc1cccc(Nc2ccc3ccccc3c2)n1. The summed E-state index contributed by atoms with van der Waals surface area (Å²) >= 11 is 0. The standard InChI is InChI=1S/C16H15N3/c1-17-15-7-4-8-16(19-15)18-14-10-9-12-5-2-3-6-13(12)11-14/h2-11H,1H3,(H2,17,18,19). The molecule has 3 nitrogen and oxygen atoms in total. The van der Waals surface area contributed by atoms with Crippen LogP contribution in [0.5, 0.6) is 0 Å². The van der Waals surface area contributed by atoms with Gasteiger partial charge in [0.1, 0.15) is 11.6 Å². The van der Waals surface area contributed by atoms with Crippen molar-refractivity contribution in [3.63, 3.8) is 0 Å². The third kappa shape index (κ3) is 2.50. The van der Waals surface area contributed by atoms with Gasteiger partial charge in [0.2, 0.25) is 0 Å². The quantitative estimate of drug-likeness (QED) is 0.736. The third-order valence-electron chi connectivity index (χ3n) is 3.03. The molecule has 0 unspecified atom stereocenters. The van der Waals surface area contributed by atoms with Crippen LogP contribution in [0, 0.1) is 0 Å². The molecule has 0 aliphatic rings. The second-order valence-corrected chi connectivity index (χ2v) is 4.34. The zero-order valence-electron chi connectivity index (χ0n) is 10.7. The lowest BCUT2D eigenvalue weighted by Gasteiger charge is -2.08. The first-order chi connectivity index (χ1) is 9.35. The first-order valence-electron chi connectivity index (χ1n) is 6.26. The number of nitrogens with one attached hydrogen (secondary N) is 2. The minimum atomic E-state index is 0.835. The molecular weight excluding hydrogens is 234 g/mol. The number of anilines is 3. The van der Waals surface area contributed by atoms with Crippen molar-refractivity contribution in [2.24, 2.45) is 0 Å². The highest BCUT2D eigenvalue weighted by molar-refractivity contribution is 5.86. The number of hydrogen-bond donors (Lipinski definition) is 2. The van der Waals surface area contributed by atoms with Crippen LogP contribution in [-0.2, 0) is 0 Å². The Balaban J connectivity index is 1.92. The van der Waals surface area contributed by atoms with Crippen LogP contribution < -0.4 is 10.6 Å². The Labute approximate surface area is 112 Å². The van der Waals surface area contributed by atoms with Crippen LogP contribution in [0.2, 0.25) is 0 Å². The van der Waals surface area contributed by atoms with E-state index >= 15 is 0 Å². The van der Waals surface area contributed by atoms with Crippen LogP contribution in [0.1, 0.15) is 0 Å². The van der Waals surface area contributed by atoms with Crippen molar-refractivity contribution in [1.29, 1.82) is 0 Å². The van der Waals surface area contributed by atoms with Gasteiger partial charge in [0.25, 0.3) is 0 Å². The monoisotopic (exact) mass is 249 g/mol. The highest BCUT2D eigenvalue weighted by atomic mass is 15.0. The van der Waals surface area contributed by atoms with E-state index in [1.54, 1.807) is 0 Å². The molecule has 0 fully saturated rings. The number of aromatic nitrogens is 1. The molecule has 0 radical (unpaired) electrons. The molecule has 0 saturated carbocycles. The van der Waals surface area contributed by atoms with Gasteiger partial charge in [-0.3, -0.25) is 0 Å². The van der Waals surface area contributed by atoms with Gasteiger partial charge in [0, 0.05) is 12.7 Å². The zero-order chi connectivity index (χ0) is 13.1. The fraction of sp³-hybridized carbons (Fsp3) is 0.0625. The Bertz CT molecular complexity index is 707. The van der Waals surface area contributed by atoms with E-state index in [1.807, 2.05) is 37.4 Å². The molecule has 3 rings (SSSR count). The maximum Gasteiger partial charge on any atom is 0.132 e. The Morgan fingerprint density at radius 1 is 0.789 bits per heavy atom. The summed E-state index contributed by atoms with van der Waals surface area (Å²) in [6.45, 7) is 0. The van der Waals surface area contributed by atoms with Gasteiger partial charge in [0.15, 0.2) is 0 Å². The molecule has 1 aromatic heterocycles. The molecule has 0 bridgehead atoms. The molecule has 0 saturated heterocycles. The van der Waals surface area contributed by atoms with Gasteiger partial charge in [-0.05, 0) is 35.0 Å². The van der Waals surface area contributed by atoms with Gasteiger partial charge in [-0.2, -0.15) is 0 Å². The van der Waals surface area contributed by atoms with Crippen LogP contribution >= 0.6 is 0 Å². The van der Waals surface area contributed by atoms with Crippen molar-refractivity contribution in [3.05, 3.63) is 60.7 Å². The Morgan fingerprint density at radius 3 is 2.42 bits per heavy atom. The summed E-state index contributed by atoms with van der Waals surface area (Å²) < 4.78 is 0. The Hall–Kier alpha value is -2.55. The molecular formula is C16H15N3. The molecule has 1 heterocycles. The molecule has 2 aromatic carbocycles. The highest BCUT2D eigenvalue weighted by Gasteiger charge is 1.99. The minimum Gasteiger partial charge on any atom is -0.373 e. The van der Waals surface area contributed by atoms with Crippen LogP contribution in [0.15, 0.2) is 60.7 Å². The number of nitrogens with zero attached hydrogens (tertiary/aromatic N) is 1. The van der Waals surface area contributed by atoms with E-state index in [4.69, 9.17) is 0 Å². The summed E-state index contributed by atoms with van der Waals surface area (Å²) in [5.41, 5.74) is 1.04. The number of pyridine rings is 1. The van der Waals surface area contributed by atoms with E-state index in [1.165, 1.54) is 10.8 Å². The van der Waals surface area contributed by atoms with E-state index in [9.17, 15) is 0 Å². The minimum absolute atomic E-state index is 0.835. The van der Waals surface area contributed by atoms with Gasteiger partial charge in [-0.25, -0.2) is 4.98 Å². The number of benzene rings is 2. The van der Waals surface area contributed by atoms with E-state index < -0.39 is 0 Å². The Kier molecular flexibility index (Phi) is 3.02. The average Bonchev–Trinajstić information content (AvgIpc) is 2.47. The van der Waals surface area contributed by atoms with Gasteiger partial charge < -0.3 is 10.6 Å². The molecule has 2 N–H and O–H groups in total. The summed E-state index contributed by atoms with van der Waals surface area (Å²) in [7, 11) is 1.86. The normalized spacial score (nSPS) is 10.4. The van der Waals surface area contributed by atoms with Crippen LogP contribution in [0.4, 0.5) is 17.3 Å². The summed E-state index contributed by atoms with van der Waals surface area (Å²) in [6.07, 6.45) is 0. The lowest BCUT2D eigenvalue weighted by atomic mass is 10.1. The topological polar surface area (TPSA) is 37.0 Å². The number of rotatable bonds is 3. The van der Waals surface area contributed by atoms with Crippen molar-refractivity contribution in [2.75, 3.05) is 17.7 Å². The molecule has 0 aliphatic heterocycles. The maximum atomic E-state index is 4.44. The molecule has 0 amide bonds. The number of hydrogen-bond acceptors (Lipinski definition) is 3. The second kappa shape index (κ2) is 4.98. The van der Waals surface area contributed by atoms with Crippen molar-refractivity contribution in [2.45, 2.75) is 0 Å². The van der Waals surface area contributed by atoms with Crippen molar-refractivity contribution in [1.82, 2.24) is 4.98 Å². The van der Waals surface area contributed by atoms with E-state index in [0.717, 1.165) is 17.3 Å². The number of fused-ring (bicyclic) bond motifs is 1. The maximum absolute atomic E-state index is 4.44. The van der Waals surface area contributed by atoms with Crippen LogP contribution in [0.25, 0.3) is 10.8 Å². The molecule has 0 atom stereocenters. The third-order valence-corrected chi connectivity index (χ3v) is 3.03. The predicted octanol–water partition coefficient (Wildman–Crippen LogP) is 4.02. The van der Waals surface area contributed by atoms with Gasteiger partial charge >= 0.3 is 0 Å². The highest BCUT2D eigenvalue weighted by Crippen LogP contribution is 2.21. The smallest absolute Gasteiger partial charge is 0.132 e. The van der Waals surface area contributed by atoms with E-state index in [2.05, 4.69) is 45.9 Å². The summed E-state index contributed by atoms with van der Waals surface area (Å²) in [5.74, 6) is 1.69. The lowest BCUT2D eigenvalue weighted by molar-refractivity contribution is 1.28. The van der Waals surface area contributed by atoms with Crippen LogP contribution in [0.3, 0.4) is 0 Å². The van der Waals surface area contributed by atoms with Crippen molar-refractivity contribution in [3.8, 4) is 0 Å². The summed E-state index contributed by atoms with van der Waals surface area (Å²) in [5, 5.41) is 8.81. The summed E-state index contributed by atoms with van der Waals surface area (Å²) in [4.78, 5) is 4.44. The van der Waals surface area contributed by atoms with Crippen LogP contribution in [-0.4, -0.2) is 12.0 Å². The first-order valence-corrected chi connectivity index (χ1v) is 6.26. The first kappa shape index (κ1) is 11.5. The fourth-order valence-corrected chi connectivity index (χ4v) is 2.06. The molecule has 3 heteroatoms. The predicted molar refractivity (Wildman–Crippen MR) is 81.0 cm³/mol. The zero-order valence-corrected chi connectivity index (χ0v) is 10.7. The molecule has 19 heavy (non-hydrogen) atoms. The van der Waals surface area contributed by atoms with Crippen molar-refractivity contribution >= 4 is 28.1 Å². The molecule has 0 spiro atoms. The Morgan fingerprint density at radius 2 is 1.58 bits per heavy atom. The molecule has 3 aromatic rings. The largest absolute Gasteiger partial charge is 0.373 e. The van der Waals surface area contributed by atoms with Crippen molar-refractivity contribution < 1.29 is 0 Å². The average molecular weight is 249 g/mol. The van der Waals surface area contributed by atoms with E-state index in [0.29, 0.717) is 0 Å². The van der Waals surface area contributed by atoms with Gasteiger partial charge in [-0.1, -0.05) is 36.4 Å². The second-order valence-electron chi connectivity index (χ2n) is 4.34. The van der Waals surface area contributed by atoms with E-state index in [-0.39, 0.29) is 0 Å². The molecule has 94 valence electrons. The summed E-state index contributed by atoms with van der Waals surface area (Å²) in [6, 6.07) is 20.5.